The van der Waals surface area contributed by atoms with Gasteiger partial charge in [0, 0.05) is 42.8 Å². The van der Waals surface area contributed by atoms with E-state index >= 15 is 0 Å². The lowest BCUT2D eigenvalue weighted by atomic mass is 9.93. The Hall–Kier alpha value is -4.42. The van der Waals surface area contributed by atoms with E-state index in [1.165, 1.54) is 12.1 Å². The van der Waals surface area contributed by atoms with E-state index < -0.39 is 11.8 Å². The first-order chi connectivity index (χ1) is 20.9. The van der Waals surface area contributed by atoms with Crippen LogP contribution in [0.5, 0.6) is 5.88 Å². The maximum Gasteiger partial charge on any atom is 0.354 e. The van der Waals surface area contributed by atoms with Crippen molar-refractivity contribution in [3.05, 3.63) is 76.9 Å². The Labute approximate surface area is 246 Å². The maximum absolute atomic E-state index is 14.6. The van der Waals surface area contributed by atoms with Crippen molar-refractivity contribution in [3.63, 3.8) is 0 Å². The lowest BCUT2D eigenvalue weighted by molar-refractivity contribution is -0.0593. The monoisotopic (exact) mass is 586 g/mol. The molecule has 0 saturated carbocycles. The molecule has 222 valence electrons. The van der Waals surface area contributed by atoms with E-state index in [1.807, 2.05) is 16.7 Å². The smallest absolute Gasteiger partial charge is 0.354 e. The Morgan fingerprint density at radius 3 is 2.67 bits per heavy atom. The number of aryl methyl sites for hydroxylation is 1. The molecule has 2 fully saturated rings. The standard InChI is InChI=1S/C31H31FN6O5/c1-18-33-26-14-22(32)20(13-27(26)43-18)17-42-29-4-2-3-23(35-29)19-7-10-37(11-8-19)16-28-34-24-5-6-25(31(39)40)36-30(24)38(28)15-21-9-12-41-21/h2-6,13-14,19,21H,7-12,15-17H2,1H3,(H,39,40). The van der Waals surface area contributed by atoms with Crippen LogP contribution < -0.4 is 4.74 Å². The van der Waals surface area contributed by atoms with Crippen LogP contribution in [0.3, 0.4) is 0 Å². The number of carboxylic acids is 1. The predicted octanol–water partition coefficient (Wildman–Crippen LogP) is 4.86. The number of piperidine rings is 1. The summed E-state index contributed by atoms with van der Waals surface area (Å²) in [6.07, 6.45) is 2.88. The molecule has 7 rings (SSSR count). The maximum atomic E-state index is 14.6. The second-order valence-electron chi connectivity index (χ2n) is 11.1. The molecule has 1 N–H and O–H groups in total. The second kappa shape index (κ2) is 11.3. The highest BCUT2D eigenvalue weighted by Crippen LogP contribution is 2.30. The number of ether oxygens (including phenoxy) is 2. The third kappa shape index (κ3) is 5.67. The average Bonchev–Trinajstić information content (AvgIpc) is 3.51. The van der Waals surface area contributed by atoms with Crippen LogP contribution in [-0.2, 0) is 24.4 Å². The Morgan fingerprint density at radius 2 is 1.91 bits per heavy atom. The number of imidazole rings is 1. The van der Waals surface area contributed by atoms with E-state index in [0.29, 0.717) is 52.7 Å². The van der Waals surface area contributed by atoms with E-state index in [9.17, 15) is 14.3 Å². The fourth-order valence-corrected chi connectivity index (χ4v) is 5.81. The number of benzene rings is 1. The summed E-state index contributed by atoms with van der Waals surface area (Å²) in [5.74, 6) is 0.618. The molecule has 2 saturated heterocycles. The first-order valence-electron chi connectivity index (χ1n) is 14.5. The highest BCUT2D eigenvalue weighted by atomic mass is 19.1. The quantitative estimate of drug-likeness (QED) is 0.256. The molecule has 1 atom stereocenters. The number of carbonyl (C=O) groups is 1. The van der Waals surface area contributed by atoms with E-state index in [1.54, 1.807) is 25.1 Å². The molecular formula is C31H31FN6O5. The van der Waals surface area contributed by atoms with Crippen molar-refractivity contribution in [1.82, 2.24) is 29.4 Å². The summed E-state index contributed by atoms with van der Waals surface area (Å²) < 4.78 is 33.7. The number of carboxylic acid groups (broad SMARTS) is 1. The molecule has 1 aromatic carbocycles. The number of pyridine rings is 2. The zero-order chi connectivity index (χ0) is 29.5. The van der Waals surface area contributed by atoms with E-state index in [0.717, 1.165) is 50.5 Å². The van der Waals surface area contributed by atoms with Gasteiger partial charge >= 0.3 is 5.97 Å². The predicted molar refractivity (Wildman–Crippen MR) is 153 cm³/mol. The third-order valence-corrected chi connectivity index (χ3v) is 8.23. The van der Waals surface area contributed by atoms with Crippen LogP contribution in [0.15, 0.2) is 46.9 Å². The Bertz CT molecular complexity index is 1810. The molecule has 1 unspecified atom stereocenters. The van der Waals surface area contributed by atoms with Crippen molar-refractivity contribution in [1.29, 1.82) is 0 Å². The van der Waals surface area contributed by atoms with Gasteiger partial charge in [-0.1, -0.05) is 6.07 Å². The molecule has 0 aliphatic carbocycles. The van der Waals surface area contributed by atoms with Crippen LogP contribution in [0, 0.1) is 12.7 Å². The number of hydrogen-bond acceptors (Lipinski definition) is 9. The van der Waals surface area contributed by atoms with Crippen molar-refractivity contribution in [2.45, 2.75) is 57.9 Å². The first-order valence-corrected chi connectivity index (χ1v) is 14.5. The number of oxazole rings is 1. The SMILES string of the molecule is Cc1nc2cc(F)c(COc3cccc(C4CCN(Cc5nc6ccc(C(=O)O)nc6n5CC5CCO5)CC4)n3)cc2o1. The normalized spacial score (nSPS) is 17.9. The van der Waals surface area contributed by atoms with Gasteiger partial charge in [-0.15, -0.1) is 0 Å². The summed E-state index contributed by atoms with van der Waals surface area (Å²) in [5, 5.41) is 9.45. The third-order valence-electron chi connectivity index (χ3n) is 8.23. The van der Waals surface area contributed by atoms with Gasteiger partial charge in [-0.05, 0) is 56.6 Å². The first kappa shape index (κ1) is 27.4. The molecule has 2 aliphatic heterocycles. The molecule has 12 heteroatoms. The van der Waals surface area contributed by atoms with E-state index in [4.69, 9.17) is 23.9 Å². The molecule has 0 spiro atoms. The van der Waals surface area contributed by atoms with Gasteiger partial charge in [-0.3, -0.25) is 4.90 Å². The average molecular weight is 587 g/mol. The highest BCUT2D eigenvalue weighted by molar-refractivity contribution is 5.88. The van der Waals surface area contributed by atoms with E-state index in [2.05, 4.69) is 14.9 Å². The molecular weight excluding hydrogens is 555 g/mol. The number of aromatic carboxylic acids is 1. The minimum Gasteiger partial charge on any atom is -0.477 e. The van der Waals surface area contributed by atoms with Crippen LogP contribution >= 0.6 is 0 Å². The summed E-state index contributed by atoms with van der Waals surface area (Å²) in [7, 11) is 0. The van der Waals surface area contributed by atoms with Gasteiger partial charge in [-0.25, -0.2) is 29.1 Å². The van der Waals surface area contributed by atoms with Crippen molar-refractivity contribution < 1.29 is 28.2 Å². The van der Waals surface area contributed by atoms with Gasteiger partial charge in [0.25, 0.3) is 0 Å². The molecule has 0 amide bonds. The lowest BCUT2D eigenvalue weighted by Crippen LogP contribution is -2.35. The second-order valence-corrected chi connectivity index (χ2v) is 11.1. The molecule has 0 bridgehead atoms. The van der Waals surface area contributed by atoms with Crippen LogP contribution in [0.2, 0.25) is 0 Å². The summed E-state index contributed by atoms with van der Waals surface area (Å²) >= 11 is 0. The van der Waals surface area contributed by atoms with Crippen LogP contribution in [0.4, 0.5) is 4.39 Å². The number of likely N-dealkylation sites (tertiary alicyclic amines) is 1. The number of nitrogens with zero attached hydrogens (tertiary/aromatic N) is 6. The molecule has 5 aromatic rings. The molecule has 43 heavy (non-hydrogen) atoms. The largest absolute Gasteiger partial charge is 0.477 e. The van der Waals surface area contributed by atoms with Gasteiger partial charge in [-0.2, -0.15) is 0 Å². The van der Waals surface area contributed by atoms with Crippen LogP contribution in [0.25, 0.3) is 22.3 Å². The summed E-state index contributed by atoms with van der Waals surface area (Å²) in [4.78, 5) is 32.0. The minimum atomic E-state index is -1.06. The lowest BCUT2D eigenvalue weighted by Gasteiger charge is -2.32. The number of halogens is 1. The zero-order valence-electron chi connectivity index (χ0n) is 23.7. The molecule has 11 nitrogen and oxygen atoms in total. The van der Waals surface area contributed by atoms with Crippen molar-refractivity contribution in [2.75, 3.05) is 19.7 Å². The highest BCUT2D eigenvalue weighted by Gasteiger charge is 2.26. The fourth-order valence-electron chi connectivity index (χ4n) is 5.81. The van der Waals surface area contributed by atoms with Gasteiger partial charge in [0.1, 0.15) is 29.3 Å². The summed E-state index contributed by atoms with van der Waals surface area (Å²) in [5.41, 5.74) is 3.62. The van der Waals surface area contributed by atoms with Gasteiger partial charge in [0.15, 0.2) is 22.8 Å². The summed E-state index contributed by atoms with van der Waals surface area (Å²) in [6, 6.07) is 11.9. The fraction of sp³-hybridized carbons (Fsp3) is 0.387. The molecule has 6 heterocycles. The van der Waals surface area contributed by atoms with Crippen molar-refractivity contribution in [3.8, 4) is 5.88 Å². The van der Waals surface area contributed by atoms with E-state index in [-0.39, 0.29) is 24.3 Å². The van der Waals surface area contributed by atoms with Gasteiger partial charge in [0.2, 0.25) is 5.88 Å². The number of fused-ring (bicyclic) bond motifs is 2. The number of aromatic nitrogens is 5. The van der Waals surface area contributed by atoms with Crippen LogP contribution in [-0.4, -0.2) is 66.3 Å². The van der Waals surface area contributed by atoms with Crippen molar-refractivity contribution in [2.24, 2.45) is 0 Å². The topological polar surface area (TPSA) is 129 Å². The zero-order valence-corrected chi connectivity index (χ0v) is 23.7. The Kier molecular flexibility index (Phi) is 7.23. The number of hydrogen-bond donors (Lipinski definition) is 1. The molecule has 2 aliphatic rings. The van der Waals surface area contributed by atoms with Gasteiger partial charge in [0.05, 0.1) is 19.2 Å². The Morgan fingerprint density at radius 1 is 1.07 bits per heavy atom. The molecule has 4 aromatic heterocycles. The molecule has 0 radical (unpaired) electrons. The van der Waals surface area contributed by atoms with Crippen molar-refractivity contribution >= 4 is 28.2 Å². The van der Waals surface area contributed by atoms with Crippen LogP contribution in [0.1, 0.15) is 58.6 Å². The summed E-state index contributed by atoms with van der Waals surface area (Å²) in [6.45, 7) is 5.45. The minimum absolute atomic E-state index is 0.00497. The Balaban J connectivity index is 1.01. The van der Waals surface area contributed by atoms with Gasteiger partial charge < -0.3 is 23.6 Å². The number of rotatable bonds is 9.